The number of rotatable bonds is 2. The van der Waals surface area contributed by atoms with E-state index in [0.717, 1.165) is 17.7 Å². The third-order valence-electron chi connectivity index (χ3n) is 1.44. The molecule has 0 saturated carbocycles. The van der Waals surface area contributed by atoms with Crippen LogP contribution in [0.1, 0.15) is 17.7 Å². The SMILES string of the molecule is Cc1[nH]ncc1CCC#N. The second-order valence-electron chi connectivity index (χ2n) is 2.18. The molecule has 1 N–H and O–H groups in total. The van der Waals surface area contributed by atoms with E-state index in [1.807, 2.05) is 6.92 Å². The maximum absolute atomic E-state index is 8.28. The number of nitriles is 1. The molecule has 0 atom stereocenters. The molecule has 1 aromatic rings. The van der Waals surface area contributed by atoms with Crippen molar-refractivity contribution in [3.63, 3.8) is 0 Å². The summed E-state index contributed by atoms with van der Waals surface area (Å²) in [5.41, 5.74) is 2.21. The van der Waals surface area contributed by atoms with Crippen LogP contribution < -0.4 is 0 Å². The summed E-state index contributed by atoms with van der Waals surface area (Å²) >= 11 is 0. The molecule has 3 heteroatoms. The van der Waals surface area contributed by atoms with Crippen LogP contribution in [0, 0.1) is 18.3 Å². The minimum atomic E-state index is 0.570. The molecule has 0 amide bonds. The fraction of sp³-hybridized carbons (Fsp3) is 0.429. The first kappa shape index (κ1) is 6.81. The van der Waals surface area contributed by atoms with E-state index in [-0.39, 0.29) is 0 Å². The molecule has 0 saturated heterocycles. The average molecular weight is 135 g/mol. The highest BCUT2D eigenvalue weighted by Crippen LogP contribution is 2.04. The van der Waals surface area contributed by atoms with Crippen LogP contribution in [-0.2, 0) is 6.42 Å². The van der Waals surface area contributed by atoms with Crippen molar-refractivity contribution in [2.45, 2.75) is 19.8 Å². The van der Waals surface area contributed by atoms with Crippen molar-refractivity contribution in [1.82, 2.24) is 10.2 Å². The smallest absolute Gasteiger partial charge is 0.0625 e. The normalized spacial score (nSPS) is 9.20. The van der Waals surface area contributed by atoms with E-state index in [4.69, 9.17) is 5.26 Å². The van der Waals surface area contributed by atoms with Gasteiger partial charge in [0, 0.05) is 12.1 Å². The molecule has 10 heavy (non-hydrogen) atoms. The molecule has 1 rings (SSSR count). The summed E-state index contributed by atoms with van der Waals surface area (Å²) in [5, 5.41) is 14.9. The summed E-state index contributed by atoms with van der Waals surface area (Å²) in [5.74, 6) is 0. The largest absolute Gasteiger partial charge is 0.283 e. The Kier molecular flexibility index (Phi) is 2.06. The van der Waals surface area contributed by atoms with Gasteiger partial charge >= 0.3 is 0 Å². The first-order chi connectivity index (χ1) is 4.84. The fourth-order valence-electron chi connectivity index (χ4n) is 0.818. The van der Waals surface area contributed by atoms with Gasteiger partial charge in [0.15, 0.2) is 0 Å². The zero-order chi connectivity index (χ0) is 7.40. The van der Waals surface area contributed by atoms with Crippen molar-refractivity contribution < 1.29 is 0 Å². The van der Waals surface area contributed by atoms with Gasteiger partial charge in [0.2, 0.25) is 0 Å². The van der Waals surface area contributed by atoms with E-state index in [9.17, 15) is 0 Å². The Balaban J connectivity index is 2.59. The van der Waals surface area contributed by atoms with Gasteiger partial charge in [-0.15, -0.1) is 0 Å². The van der Waals surface area contributed by atoms with Crippen LogP contribution in [0.25, 0.3) is 0 Å². The van der Waals surface area contributed by atoms with Gasteiger partial charge in [-0.1, -0.05) is 0 Å². The van der Waals surface area contributed by atoms with Crippen LogP contribution in [-0.4, -0.2) is 10.2 Å². The van der Waals surface area contributed by atoms with Gasteiger partial charge in [-0.05, 0) is 18.9 Å². The standard InChI is InChI=1S/C7H9N3/c1-6-7(3-2-4-8)5-9-10-6/h5H,2-3H2,1H3,(H,9,10). The van der Waals surface area contributed by atoms with Crippen molar-refractivity contribution >= 4 is 0 Å². The molecule has 0 aliphatic heterocycles. The minimum Gasteiger partial charge on any atom is -0.283 e. The molecule has 3 nitrogen and oxygen atoms in total. The number of nitrogens with zero attached hydrogens (tertiary/aromatic N) is 2. The Bertz CT molecular complexity index is 244. The summed E-state index contributed by atoms with van der Waals surface area (Å²) in [4.78, 5) is 0. The highest BCUT2D eigenvalue weighted by Gasteiger charge is 1.97. The third kappa shape index (κ3) is 1.35. The minimum absolute atomic E-state index is 0.570. The molecule has 0 aliphatic carbocycles. The van der Waals surface area contributed by atoms with Crippen LogP contribution >= 0.6 is 0 Å². The lowest BCUT2D eigenvalue weighted by molar-refractivity contribution is 0.991. The quantitative estimate of drug-likeness (QED) is 0.661. The predicted octanol–water partition coefficient (Wildman–Crippen LogP) is 1.17. The van der Waals surface area contributed by atoms with Crippen molar-refractivity contribution in [3.8, 4) is 6.07 Å². The lowest BCUT2D eigenvalue weighted by Crippen LogP contribution is -1.83. The Morgan fingerprint density at radius 1 is 1.80 bits per heavy atom. The predicted molar refractivity (Wildman–Crippen MR) is 37.3 cm³/mol. The first-order valence-electron chi connectivity index (χ1n) is 3.20. The maximum Gasteiger partial charge on any atom is 0.0625 e. The van der Waals surface area contributed by atoms with E-state index >= 15 is 0 Å². The van der Waals surface area contributed by atoms with Gasteiger partial charge in [0.1, 0.15) is 0 Å². The average Bonchev–Trinajstić information content (AvgIpc) is 2.31. The molecule has 0 radical (unpaired) electrons. The van der Waals surface area contributed by atoms with Crippen LogP contribution in [0.15, 0.2) is 6.20 Å². The summed E-state index contributed by atoms with van der Waals surface area (Å²) in [7, 11) is 0. The number of aromatic amines is 1. The second kappa shape index (κ2) is 3.02. The number of hydrogen-bond acceptors (Lipinski definition) is 2. The summed E-state index contributed by atoms with van der Waals surface area (Å²) in [6, 6.07) is 2.09. The lowest BCUT2D eigenvalue weighted by Gasteiger charge is -1.89. The molecule has 0 aromatic carbocycles. The maximum atomic E-state index is 8.28. The number of aryl methyl sites for hydroxylation is 2. The summed E-state index contributed by atoms with van der Waals surface area (Å²) in [6.45, 7) is 1.96. The molecular weight excluding hydrogens is 126 g/mol. The van der Waals surface area contributed by atoms with E-state index in [2.05, 4.69) is 16.3 Å². The molecule has 52 valence electrons. The molecule has 1 heterocycles. The molecule has 0 unspecified atom stereocenters. The molecule has 0 aliphatic rings. The summed E-state index contributed by atoms with van der Waals surface area (Å²) in [6.07, 6.45) is 3.14. The van der Waals surface area contributed by atoms with Gasteiger partial charge in [0.05, 0.1) is 12.3 Å². The lowest BCUT2D eigenvalue weighted by atomic mass is 10.1. The number of H-pyrrole nitrogens is 1. The Labute approximate surface area is 59.7 Å². The Morgan fingerprint density at radius 2 is 2.60 bits per heavy atom. The van der Waals surface area contributed by atoms with Crippen molar-refractivity contribution in [2.75, 3.05) is 0 Å². The van der Waals surface area contributed by atoms with Crippen LogP contribution in [0.2, 0.25) is 0 Å². The van der Waals surface area contributed by atoms with Crippen LogP contribution in [0.5, 0.6) is 0 Å². The number of aromatic nitrogens is 2. The van der Waals surface area contributed by atoms with E-state index in [1.54, 1.807) is 6.20 Å². The van der Waals surface area contributed by atoms with Gasteiger partial charge in [-0.25, -0.2) is 0 Å². The zero-order valence-corrected chi connectivity index (χ0v) is 5.89. The summed E-state index contributed by atoms with van der Waals surface area (Å²) < 4.78 is 0. The monoisotopic (exact) mass is 135 g/mol. The van der Waals surface area contributed by atoms with Gasteiger partial charge in [-0.3, -0.25) is 5.10 Å². The van der Waals surface area contributed by atoms with E-state index < -0.39 is 0 Å². The molecule has 0 spiro atoms. The highest BCUT2D eigenvalue weighted by molar-refractivity contribution is 5.14. The van der Waals surface area contributed by atoms with Crippen molar-refractivity contribution in [3.05, 3.63) is 17.5 Å². The zero-order valence-electron chi connectivity index (χ0n) is 5.89. The number of hydrogen-bond donors (Lipinski definition) is 1. The van der Waals surface area contributed by atoms with Gasteiger partial charge in [0.25, 0.3) is 0 Å². The van der Waals surface area contributed by atoms with Crippen LogP contribution in [0.4, 0.5) is 0 Å². The second-order valence-corrected chi connectivity index (χ2v) is 2.18. The molecule has 0 bridgehead atoms. The fourth-order valence-corrected chi connectivity index (χ4v) is 0.818. The first-order valence-corrected chi connectivity index (χ1v) is 3.20. The topological polar surface area (TPSA) is 52.5 Å². The molecule has 1 aromatic heterocycles. The van der Waals surface area contributed by atoms with Crippen molar-refractivity contribution in [1.29, 1.82) is 5.26 Å². The molecule has 0 fully saturated rings. The van der Waals surface area contributed by atoms with Gasteiger partial charge in [-0.2, -0.15) is 10.4 Å². The third-order valence-corrected chi connectivity index (χ3v) is 1.44. The Morgan fingerprint density at radius 3 is 3.10 bits per heavy atom. The van der Waals surface area contributed by atoms with E-state index in [1.165, 1.54) is 0 Å². The van der Waals surface area contributed by atoms with Crippen molar-refractivity contribution in [2.24, 2.45) is 0 Å². The van der Waals surface area contributed by atoms with Crippen LogP contribution in [0.3, 0.4) is 0 Å². The van der Waals surface area contributed by atoms with E-state index in [0.29, 0.717) is 6.42 Å². The number of nitrogens with one attached hydrogen (secondary N) is 1. The molecular formula is C7H9N3. The van der Waals surface area contributed by atoms with Gasteiger partial charge < -0.3 is 0 Å². The Hall–Kier alpha value is -1.30. The highest BCUT2D eigenvalue weighted by atomic mass is 15.1.